The van der Waals surface area contributed by atoms with Crippen molar-refractivity contribution in [1.29, 1.82) is 0 Å². The molecule has 0 radical (unpaired) electrons. The van der Waals surface area contributed by atoms with E-state index < -0.39 is 0 Å². The lowest BCUT2D eigenvalue weighted by Crippen LogP contribution is -2.24. The van der Waals surface area contributed by atoms with Crippen LogP contribution in [0.1, 0.15) is 18.4 Å². The van der Waals surface area contributed by atoms with Gasteiger partial charge in [0.2, 0.25) is 0 Å². The van der Waals surface area contributed by atoms with Crippen molar-refractivity contribution in [1.82, 2.24) is 5.06 Å². The van der Waals surface area contributed by atoms with Gasteiger partial charge in [-0.2, -0.15) is 5.06 Å². The van der Waals surface area contributed by atoms with Gasteiger partial charge in [-0.3, -0.25) is 0 Å². The average molecular weight is 195 g/mol. The Kier molecular flexibility index (Phi) is 2.79. The highest BCUT2D eigenvalue weighted by Crippen LogP contribution is 2.25. The van der Waals surface area contributed by atoms with Crippen LogP contribution >= 0.6 is 0 Å². The van der Waals surface area contributed by atoms with Crippen LogP contribution < -0.4 is 0 Å². The van der Waals surface area contributed by atoms with E-state index in [4.69, 9.17) is 0 Å². The molecule has 2 nitrogen and oxygen atoms in total. The molecule has 76 valence electrons. The van der Waals surface area contributed by atoms with Crippen LogP contribution in [0.25, 0.3) is 0 Å². The molecule has 0 spiro atoms. The van der Waals surface area contributed by atoms with Gasteiger partial charge >= 0.3 is 0 Å². The molecule has 0 heterocycles. The quantitative estimate of drug-likeness (QED) is 0.745. The van der Waals surface area contributed by atoms with Crippen LogP contribution in [0.5, 0.6) is 0 Å². The van der Waals surface area contributed by atoms with Crippen LogP contribution in [0.3, 0.4) is 0 Å². The van der Waals surface area contributed by atoms with Crippen LogP contribution in [0.2, 0.25) is 0 Å². The monoisotopic (exact) mass is 195 g/mol. The number of hydrogen-bond acceptors (Lipinski definition) is 2. The average Bonchev–Trinajstić information content (AvgIpc) is 2.97. The molecule has 1 aliphatic rings. The Labute approximate surface area is 82.9 Å². The second-order valence-corrected chi connectivity index (χ2v) is 3.77. The van der Waals surface area contributed by atoms with E-state index in [0.29, 0.717) is 19.0 Å². The normalized spacial score (nSPS) is 16.2. The zero-order chi connectivity index (χ0) is 9.97. The van der Waals surface area contributed by atoms with Crippen LogP contribution in [0.15, 0.2) is 24.3 Å². The highest BCUT2D eigenvalue weighted by Gasteiger charge is 2.27. The Balaban J connectivity index is 1.84. The van der Waals surface area contributed by atoms with E-state index in [9.17, 15) is 9.60 Å². The first-order valence-corrected chi connectivity index (χ1v) is 4.95. The number of rotatable bonds is 4. The Hall–Kier alpha value is -0.930. The summed E-state index contributed by atoms with van der Waals surface area (Å²) in [4.78, 5) is 0. The Morgan fingerprint density at radius 1 is 1.43 bits per heavy atom. The second kappa shape index (κ2) is 4.07. The number of hydroxylamine groups is 2. The largest absolute Gasteiger partial charge is 0.314 e. The van der Waals surface area contributed by atoms with Crippen LogP contribution in [-0.4, -0.2) is 22.9 Å². The van der Waals surface area contributed by atoms with Gasteiger partial charge in [0, 0.05) is 12.6 Å². The summed E-state index contributed by atoms with van der Waals surface area (Å²) in [5, 5.41) is 10.8. The maximum atomic E-state index is 12.8. The molecule has 1 fully saturated rings. The molecule has 0 atom stereocenters. The number of nitrogens with zero attached hydrogens (tertiary/aromatic N) is 1. The van der Waals surface area contributed by atoms with E-state index >= 15 is 0 Å². The minimum absolute atomic E-state index is 0.210. The standard InChI is InChI=1S/C11H14FNO/c12-10-3-1-2-9(8-10)6-7-13(14)11-4-5-11/h1-3,8,11,14H,4-7H2. The zero-order valence-corrected chi connectivity index (χ0v) is 7.99. The first kappa shape index (κ1) is 9.62. The predicted molar refractivity (Wildman–Crippen MR) is 51.6 cm³/mol. The molecule has 0 amide bonds. The van der Waals surface area contributed by atoms with Gasteiger partial charge in [0.25, 0.3) is 0 Å². The molecule has 1 aliphatic carbocycles. The lowest BCUT2D eigenvalue weighted by molar-refractivity contribution is -0.0982. The third-order valence-electron chi connectivity index (χ3n) is 2.49. The smallest absolute Gasteiger partial charge is 0.123 e. The van der Waals surface area contributed by atoms with Crippen molar-refractivity contribution in [2.24, 2.45) is 0 Å². The fraction of sp³-hybridized carbons (Fsp3) is 0.455. The van der Waals surface area contributed by atoms with E-state index in [1.807, 2.05) is 6.07 Å². The fourth-order valence-electron chi connectivity index (χ4n) is 1.49. The molecule has 3 heteroatoms. The Morgan fingerprint density at radius 2 is 2.21 bits per heavy atom. The molecule has 0 aliphatic heterocycles. The van der Waals surface area contributed by atoms with Gasteiger partial charge in [-0.1, -0.05) is 12.1 Å². The fourth-order valence-corrected chi connectivity index (χ4v) is 1.49. The molecule has 0 unspecified atom stereocenters. The summed E-state index contributed by atoms with van der Waals surface area (Å²) in [5.74, 6) is -0.210. The van der Waals surface area contributed by atoms with E-state index in [0.717, 1.165) is 18.4 Å². The molecular weight excluding hydrogens is 181 g/mol. The van der Waals surface area contributed by atoms with E-state index in [2.05, 4.69) is 0 Å². The molecule has 1 N–H and O–H groups in total. The van der Waals surface area contributed by atoms with Gasteiger partial charge in [0.05, 0.1) is 0 Å². The molecular formula is C11H14FNO. The molecule has 0 bridgehead atoms. The molecule has 1 aromatic rings. The third-order valence-corrected chi connectivity index (χ3v) is 2.49. The number of halogens is 1. The van der Waals surface area contributed by atoms with Crippen molar-refractivity contribution in [2.45, 2.75) is 25.3 Å². The highest BCUT2D eigenvalue weighted by atomic mass is 19.1. The van der Waals surface area contributed by atoms with Crippen molar-refractivity contribution in [3.05, 3.63) is 35.6 Å². The number of hydrogen-bond donors (Lipinski definition) is 1. The van der Waals surface area contributed by atoms with E-state index in [-0.39, 0.29) is 5.82 Å². The summed E-state index contributed by atoms with van der Waals surface area (Å²) < 4.78 is 12.8. The van der Waals surface area contributed by atoms with Crippen LogP contribution in [0, 0.1) is 5.82 Å². The first-order chi connectivity index (χ1) is 6.75. The summed E-state index contributed by atoms with van der Waals surface area (Å²) in [6, 6.07) is 6.87. The second-order valence-electron chi connectivity index (χ2n) is 3.77. The summed E-state index contributed by atoms with van der Waals surface area (Å²) in [6.45, 7) is 0.591. The molecule has 1 aromatic carbocycles. The first-order valence-electron chi connectivity index (χ1n) is 4.95. The van der Waals surface area contributed by atoms with Crippen molar-refractivity contribution >= 4 is 0 Å². The van der Waals surface area contributed by atoms with Crippen molar-refractivity contribution in [3.63, 3.8) is 0 Å². The van der Waals surface area contributed by atoms with Gasteiger partial charge in [-0.15, -0.1) is 0 Å². The molecule has 2 rings (SSSR count). The lowest BCUT2D eigenvalue weighted by Gasteiger charge is -2.12. The minimum Gasteiger partial charge on any atom is -0.314 e. The lowest BCUT2D eigenvalue weighted by atomic mass is 10.1. The number of benzene rings is 1. The molecule has 14 heavy (non-hydrogen) atoms. The maximum absolute atomic E-state index is 12.8. The minimum atomic E-state index is -0.210. The van der Waals surface area contributed by atoms with Gasteiger partial charge in [-0.05, 0) is 37.0 Å². The van der Waals surface area contributed by atoms with E-state index in [1.165, 1.54) is 17.2 Å². The van der Waals surface area contributed by atoms with Gasteiger partial charge < -0.3 is 5.21 Å². The summed E-state index contributed by atoms with van der Waals surface area (Å²) in [6.07, 6.45) is 2.87. The van der Waals surface area contributed by atoms with Gasteiger partial charge in [0.1, 0.15) is 5.82 Å². The van der Waals surface area contributed by atoms with Crippen molar-refractivity contribution in [2.75, 3.05) is 6.54 Å². The Bertz CT molecular complexity index is 312. The molecule has 0 aromatic heterocycles. The van der Waals surface area contributed by atoms with Crippen LogP contribution in [0.4, 0.5) is 4.39 Å². The maximum Gasteiger partial charge on any atom is 0.123 e. The Morgan fingerprint density at radius 3 is 2.86 bits per heavy atom. The topological polar surface area (TPSA) is 23.5 Å². The predicted octanol–water partition coefficient (Wildman–Crippen LogP) is 2.22. The summed E-state index contributed by atoms with van der Waals surface area (Å²) >= 11 is 0. The van der Waals surface area contributed by atoms with Gasteiger partial charge in [0.15, 0.2) is 0 Å². The SMILES string of the molecule is ON(CCc1cccc(F)c1)C1CC1. The van der Waals surface area contributed by atoms with E-state index in [1.54, 1.807) is 6.07 Å². The highest BCUT2D eigenvalue weighted by molar-refractivity contribution is 5.16. The molecule has 0 saturated heterocycles. The summed E-state index contributed by atoms with van der Waals surface area (Å²) in [5.41, 5.74) is 0.935. The zero-order valence-electron chi connectivity index (χ0n) is 7.99. The van der Waals surface area contributed by atoms with Gasteiger partial charge in [-0.25, -0.2) is 4.39 Å². The van der Waals surface area contributed by atoms with Crippen molar-refractivity contribution in [3.8, 4) is 0 Å². The van der Waals surface area contributed by atoms with Crippen LogP contribution in [-0.2, 0) is 6.42 Å². The summed E-state index contributed by atoms with van der Waals surface area (Å²) in [7, 11) is 0. The third kappa shape index (κ3) is 2.53. The van der Waals surface area contributed by atoms with Crippen molar-refractivity contribution < 1.29 is 9.60 Å². The molecule has 1 saturated carbocycles.